The second-order valence-corrected chi connectivity index (χ2v) is 10.1. The molecule has 1 aliphatic rings. The van der Waals surface area contributed by atoms with E-state index in [0.29, 0.717) is 31.6 Å². The van der Waals surface area contributed by atoms with Crippen LogP contribution in [0.25, 0.3) is 0 Å². The number of anilines is 2. The van der Waals surface area contributed by atoms with Gasteiger partial charge in [-0.15, -0.1) is 20.4 Å². The van der Waals surface area contributed by atoms with Crippen molar-refractivity contribution >= 4 is 49.5 Å². The van der Waals surface area contributed by atoms with Crippen molar-refractivity contribution in [2.24, 2.45) is 10.2 Å². The summed E-state index contributed by atoms with van der Waals surface area (Å²) in [7, 11) is -5.68. The van der Waals surface area contributed by atoms with Gasteiger partial charge in [-0.2, -0.15) is 21.6 Å². The average Bonchev–Trinajstić information content (AvgIpc) is 3.25. The van der Waals surface area contributed by atoms with E-state index in [2.05, 4.69) is 20.4 Å². The van der Waals surface area contributed by atoms with Crippen molar-refractivity contribution < 1.29 is 31.1 Å². The summed E-state index contributed by atoms with van der Waals surface area (Å²) >= 11 is 0.785. The second kappa shape index (κ2) is 10.2. The number of halogens is 3. The number of carbonyl (C=O) groups excluding carboxylic acids is 1. The molecule has 1 aliphatic heterocycles. The number of aromatic nitrogens is 2. The number of rotatable bonds is 8. The van der Waals surface area contributed by atoms with Crippen LogP contribution in [0.3, 0.4) is 0 Å². The van der Waals surface area contributed by atoms with Gasteiger partial charge in [0.15, 0.2) is 0 Å². The lowest BCUT2D eigenvalue weighted by atomic mass is 10.0. The number of ether oxygens (including phenoxy) is 1. The van der Waals surface area contributed by atoms with Gasteiger partial charge in [-0.25, -0.2) is 4.79 Å². The largest absolute Gasteiger partial charge is 0.516 e. The Labute approximate surface area is 198 Å². The fraction of sp³-hybridized carbons (Fsp3) is 0.526. The summed E-state index contributed by atoms with van der Waals surface area (Å²) < 4.78 is 69.3. The van der Waals surface area contributed by atoms with Gasteiger partial charge >= 0.3 is 21.5 Å². The molecule has 34 heavy (non-hydrogen) atoms. The molecular weight excluding hydrogens is 497 g/mol. The zero-order valence-corrected chi connectivity index (χ0v) is 20.2. The summed E-state index contributed by atoms with van der Waals surface area (Å²) in [5.74, 6) is -0.680. The summed E-state index contributed by atoms with van der Waals surface area (Å²) in [6, 6.07) is 2.82. The molecule has 0 spiro atoms. The fourth-order valence-corrected chi connectivity index (χ4v) is 4.26. The highest BCUT2D eigenvalue weighted by molar-refractivity contribution is 7.93. The first kappa shape index (κ1) is 25.8. The number of benzene rings is 1. The Morgan fingerprint density at radius 3 is 2.68 bits per heavy atom. The fourth-order valence-electron chi connectivity index (χ4n) is 3.14. The number of esters is 1. The third-order valence-corrected chi connectivity index (χ3v) is 6.94. The van der Waals surface area contributed by atoms with Crippen LogP contribution in [0, 0.1) is 0 Å². The first-order valence-corrected chi connectivity index (χ1v) is 12.7. The number of sulfonamides is 1. The van der Waals surface area contributed by atoms with Crippen molar-refractivity contribution in [2.45, 2.75) is 51.6 Å². The van der Waals surface area contributed by atoms with Gasteiger partial charge in [0.05, 0.1) is 11.8 Å². The first-order valence-electron chi connectivity index (χ1n) is 10.4. The number of hydrogen-bond donors (Lipinski definition) is 1. The Morgan fingerprint density at radius 1 is 1.29 bits per heavy atom. The van der Waals surface area contributed by atoms with E-state index in [-0.39, 0.29) is 27.6 Å². The van der Waals surface area contributed by atoms with Crippen molar-refractivity contribution in [3.8, 4) is 0 Å². The van der Waals surface area contributed by atoms with Crippen LogP contribution in [0.2, 0.25) is 0 Å². The monoisotopic (exact) mass is 520 g/mol. The normalized spacial score (nSPS) is 15.3. The van der Waals surface area contributed by atoms with Crippen LogP contribution >= 0.6 is 11.3 Å². The second-order valence-electron chi connectivity index (χ2n) is 7.45. The number of nitrogens with one attached hydrogen (secondary N) is 1. The molecule has 0 amide bonds. The van der Waals surface area contributed by atoms with E-state index < -0.39 is 21.5 Å². The standard InChI is InChI=1S/C19H23F3N6O4S2/c1-4-11(3)32-17(29)16-24-26-18(33-16)25-23-13-9-12-7-6-8-28(5-2)15(12)10-14(13)27-34(30,31)19(20,21)22/h9-11,27H,4-8H2,1-3H3. The third-order valence-electron chi connectivity index (χ3n) is 5.06. The Morgan fingerprint density at radius 2 is 2.03 bits per heavy atom. The summed E-state index contributed by atoms with van der Waals surface area (Å²) in [5, 5.41) is 15.1. The van der Waals surface area contributed by atoms with Gasteiger partial charge < -0.3 is 9.64 Å². The van der Waals surface area contributed by atoms with Gasteiger partial charge in [0.1, 0.15) is 5.69 Å². The number of hydrogen-bond acceptors (Lipinski definition) is 10. The molecule has 2 aromatic rings. The van der Waals surface area contributed by atoms with Crippen LogP contribution in [0.4, 0.5) is 35.4 Å². The van der Waals surface area contributed by atoms with Crippen molar-refractivity contribution in [2.75, 3.05) is 22.7 Å². The molecule has 3 rings (SSSR count). The summed E-state index contributed by atoms with van der Waals surface area (Å²) in [6.07, 6.45) is 1.76. The summed E-state index contributed by atoms with van der Waals surface area (Å²) in [4.78, 5) is 14.0. The number of aryl methyl sites for hydroxylation is 1. The Bertz CT molecular complexity index is 1180. The van der Waals surface area contributed by atoms with Gasteiger partial charge in [-0.05, 0) is 50.8 Å². The number of fused-ring (bicyclic) bond motifs is 1. The molecule has 0 fully saturated rings. The Balaban J connectivity index is 1.95. The number of carbonyl (C=O) groups is 1. The van der Waals surface area contributed by atoms with E-state index in [1.807, 2.05) is 18.7 Å². The van der Waals surface area contributed by atoms with Crippen molar-refractivity contribution in [3.63, 3.8) is 0 Å². The van der Waals surface area contributed by atoms with Crippen LogP contribution in [0.15, 0.2) is 22.4 Å². The molecule has 0 radical (unpaired) electrons. The summed E-state index contributed by atoms with van der Waals surface area (Å²) in [5.41, 5.74) is -4.58. The molecule has 1 N–H and O–H groups in total. The van der Waals surface area contributed by atoms with E-state index in [1.54, 1.807) is 11.6 Å². The third kappa shape index (κ3) is 5.81. The molecule has 1 unspecified atom stereocenters. The van der Waals surface area contributed by atoms with E-state index in [9.17, 15) is 26.4 Å². The maximum Gasteiger partial charge on any atom is 0.516 e. The molecule has 1 aromatic carbocycles. The molecule has 186 valence electrons. The van der Waals surface area contributed by atoms with Crippen LogP contribution in [-0.4, -0.2) is 49.3 Å². The lowest BCUT2D eigenvalue weighted by Gasteiger charge is -2.31. The zero-order valence-electron chi connectivity index (χ0n) is 18.6. The number of alkyl halides is 3. The van der Waals surface area contributed by atoms with Gasteiger partial charge in [-0.1, -0.05) is 18.3 Å². The smallest absolute Gasteiger partial charge is 0.457 e. The van der Waals surface area contributed by atoms with E-state index in [0.717, 1.165) is 23.3 Å². The first-order chi connectivity index (χ1) is 15.9. The van der Waals surface area contributed by atoms with Gasteiger partial charge in [0, 0.05) is 18.8 Å². The van der Waals surface area contributed by atoms with Crippen LogP contribution < -0.4 is 9.62 Å². The number of nitrogens with zero attached hydrogens (tertiary/aromatic N) is 5. The van der Waals surface area contributed by atoms with Gasteiger partial charge in [0.2, 0.25) is 5.01 Å². The highest BCUT2D eigenvalue weighted by atomic mass is 32.2. The number of azo groups is 1. The predicted octanol–water partition coefficient (Wildman–Crippen LogP) is 4.94. The minimum Gasteiger partial charge on any atom is -0.457 e. The predicted molar refractivity (Wildman–Crippen MR) is 121 cm³/mol. The maximum absolute atomic E-state index is 13.0. The van der Waals surface area contributed by atoms with Gasteiger partial charge in [0.25, 0.3) is 5.13 Å². The molecular formula is C19H23F3N6O4S2. The molecule has 1 aromatic heterocycles. The Kier molecular flexibility index (Phi) is 7.75. The van der Waals surface area contributed by atoms with Crippen molar-refractivity contribution in [1.82, 2.24) is 10.2 Å². The Hall–Kier alpha value is -2.81. The van der Waals surface area contributed by atoms with Crippen LogP contribution in [0.5, 0.6) is 0 Å². The topological polar surface area (TPSA) is 126 Å². The van der Waals surface area contributed by atoms with Crippen molar-refractivity contribution in [1.29, 1.82) is 0 Å². The average molecular weight is 521 g/mol. The molecule has 2 heterocycles. The van der Waals surface area contributed by atoms with Crippen LogP contribution in [0.1, 0.15) is 49.0 Å². The molecule has 0 saturated heterocycles. The van der Waals surface area contributed by atoms with Crippen LogP contribution in [-0.2, 0) is 21.2 Å². The quantitative estimate of drug-likeness (QED) is 0.386. The highest BCUT2D eigenvalue weighted by Gasteiger charge is 2.46. The molecule has 1 atom stereocenters. The maximum atomic E-state index is 13.0. The lowest BCUT2D eigenvalue weighted by molar-refractivity contribution is -0.0429. The summed E-state index contributed by atoms with van der Waals surface area (Å²) in [6.45, 7) is 6.75. The highest BCUT2D eigenvalue weighted by Crippen LogP contribution is 2.39. The zero-order chi connectivity index (χ0) is 25.1. The molecule has 15 heteroatoms. The molecule has 0 aliphatic carbocycles. The molecule has 0 bridgehead atoms. The van der Waals surface area contributed by atoms with E-state index >= 15 is 0 Å². The minimum absolute atomic E-state index is 0.0476. The van der Waals surface area contributed by atoms with Crippen molar-refractivity contribution in [3.05, 3.63) is 22.7 Å². The SMILES string of the molecule is CCC(C)OC(=O)c1nnc(N=Nc2cc3c(cc2NS(=O)(=O)C(F)(F)F)N(CC)CCC3)s1. The minimum atomic E-state index is -5.68. The molecule has 0 saturated carbocycles. The van der Waals surface area contributed by atoms with E-state index in [1.165, 1.54) is 12.1 Å². The van der Waals surface area contributed by atoms with E-state index in [4.69, 9.17) is 4.74 Å². The van der Waals surface area contributed by atoms with Gasteiger partial charge in [-0.3, -0.25) is 4.72 Å². The lowest BCUT2D eigenvalue weighted by Crippen LogP contribution is -2.31. The molecule has 10 nitrogen and oxygen atoms in total.